The molecular formula is C14H25N3S. The number of thiazole rings is 1. The highest BCUT2D eigenvalue weighted by Gasteiger charge is 2.22. The predicted octanol–water partition coefficient (Wildman–Crippen LogP) is 3.44. The first-order valence-corrected chi connectivity index (χ1v) is 8.06. The molecule has 102 valence electrons. The van der Waals surface area contributed by atoms with E-state index < -0.39 is 0 Å². The van der Waals surface area contributed by atoms with Gasteiger partial charge in [0.05, 0.1) is 5.69 Å². The molecule has 0 amide bonds. The highest BCUT2D eigenvalue weighted by atomic mass is 32.1. The molecule has 0 aliphatic heterocycles. The normalized spacial score (nSPS) is 17.5. The highest BCUT2D eigenvalue weighted by Crippen LogP contribution is 2.30. The Balaban J connectivity index is 1.97. The fourth-order valence-electron chi connectivity index (χ4n) is 2.36. The van der Waals surface area contributed by atoms with Gasteiger partial charge in [-0.2, -0.15) is 0 Å². The standard InChI is InChI=1S/C14H25N3S/c1-4-15-11(3)13-10-18-14(16-13)17(5-2)9-12-7-6-8-12/h10-12,15H,4-9H2,1-3H3. The van der Waals surface area contributed by atoms with Crippen LogP contribution in [0, 0.1) is 5.92 Å². The predicted molar refractivity (Wildman–Crippen MR) is 79.4 cm³/mol. The molecule has 0 saturated heterocycles. The minimum atomic E-state index is 0.363. The van der Waals surface area contributed by atoms with Crippen LogP contribution in [0.4, 0.5) is 5.13 Å². The molecule has 3 nitrogen and oxygen atoms in total. The molecule has 0 bridgehead atoms. The average Bonchev–Trinajstić information content (AvgIpc) is 2.77. The van der Waals surface area contributed by atoms with Gasteiger partial charge >= 0.3 is 0 Å². The summed E-state index contributed by atoms with van der Waals surface area (Å²) < 4.78 is 0. The summed E-state index contributed by atoms with van der Waals surface area (Å²) in [5.41, 5.74) is 1.18. The van der Waals surface area contributed by atoms with E-state index in [0.717, 1.165) is 19.0 Å². The second-order valence-corrected chi connectivity index (χ2v) is 6.01. The van der Waals surface area contributed by atoms with Crippen LogP contribution >= 0.6 is 11.3 Å². The zero-order valence-corrected chi connectivity index (χ0v) is 12.6. The van der Waals surface area contributed by atoms with E-state index in [4.69, 9.17) is 4.98 Å². The first-order valence-electron chi connectivity index (χ1n) is 7.18. The monoisotopic (exact) mass is 267 g/mol. The number of aromatic nitrogens is 1. The summed E-state index contributed by atoms with van der Waals surface area (Å²) >= 11 is 1.79. The van der Waals surface area contributed by atoms with Crippen LogP contribution in [0.5, 0.6) is 0 Å². The van der Waals surface area contributed by atoms with Crippen LogP contribution in [0.15, 0.2) is 5.38 Å². The molecule has 2 rings (SSSR count). The minimum Gasteiger partial charge on any atom is -0.348 e. The molecule has 0 aromatic carbocycles. The summed E-state index contributed by atoms with van der Waals surface area (Å²) in [6, 6.07) is 0.363. The summed E-state index contributed by atoms with van der Waals surface area (Å²) in [7, 11) is 0. The van der Waals surface area contributed by atoms with Crippen molar-refractivity contribution in [2.75, 3.05) is 24.5 Å². The van der Waals surface area contributed by atoms with Gasteiger partial charge in [-0.05, 0) is 39.2 Å². The largest absolute Gasteiger partial charge is 0.348 e. The summed E-state index contributed by atoms with van der Waals surface area (Å²) in [5.74, 6) is 0.906. The van der Waals surface area contributed by atoms with Crippen molar-refractivity contribution < 1.29 is 0 Å². The number of anilines is 1. The van der Waals surface area contributed by atoms with E-state index >= 15 is 0 Å². The highest BCUT2D eigenvalue weighted by molar-refractivity contribution is 7.13. The molecule has 4 heteroatoms. The van der Waals surface area contributed by atoms with Gasteiger partial charge in [-0.1, -0.05) is 13.3 Å². The second kappa shape index (κ2) is 6.53. The zero-order chi connectivity index (χ0) is 13.0. The molecule has 1 fully saturated rings. The quantitative estimate of drug-likeness (QED) is 0.820. The summed E-state index contributed by atoms with van der Waals surface area (Å²) in [6.45, 7) is 9.81. The maximum absolute atomic E-state index is 4.79. The van der Waals surface area contributed by atoms with Gasteiger partial charge in [0.1, 0.15) is 0 Å². The lowest BCUT2D eigenvalue weighted by atomic mass is 9.85. The summed E-state index contributed by atoms with van der Waals surface area (Å²) in [6.07, 6.45) is 4.23. The minimum absolute atomic E-state index is 0.363. The molecule has 1 heterocycles. The maximum Gasteiger partial charge on any atom is 0.185 e. The summed E-state index contributed by atoms with van der Waals surface area (Å²) in [4.78, 5) is 7.23. The van der Waals surface area contributed by atoms with Crippen molar-refractivity contribution in [1.29, 1.82) is 0 Å². The molecule has 1 aliphatic rings. The van der Waals surface area contributed by atoms with Crippen molar-refractivity contribution in [1.82, 2.24) is 10.3 Å². The van der Waals surface area contributed by atoms with E-state index in [9.17, 15) is 0 Å². The Labute approximate surface area is 115 Å². The molecule has 1 aromatic heterocycles. The molecule has 1 aliphatic carbocycles. The molecule has 1 aromatic rings. The van der Waals surface area contributed by atoms with Crippen molar-refractivity contribution in [2.45, 2.75) is 46.1 Å². The number of nitrogens with zero attached hydrogens (tertiary/aromatic N) is 2. The first-order chi connectivity index (χ1) is 8.74. The average molecular weight is 267 g/mol. The molecule has 1 atom stereocenters. The van der Waals surface area contributed by atoms with Gasteiger partial charge in [-0.15, -0.1) is 11.3 Å². The third-order valence-corrected chi connectivity index (χ3v) is 4.74. The van der Waals surface area contributed by atoms with E-state index in [2.05, 4.69) is 36.4 Å². The van der Waals surface area contributed by atoms with Gasteiger partial charge in [0.2, 0.25) is 0 Å². The lowest BCUT2D eigenvalue weighted by Crippen LogP contribution is -2.32. The van der Waals surface area contributed by atoms with Crippen LogP contribution in [-0.4, -0.2) is 24.6 Å². The van der Waals surface area contributed by atoms with Crippen molar-refractivity contribution in [3.05, 3.63) is 11.1 Å². The van der Waals surface area contributed by atoms with Gasteiger partial charge in [0.25, 0.3) is 0 Å². The first kappa shape index (κ1) is 13.8. The lowest BCUT2D eigenvalue weighted by Gasteiger charge is -2.31. The number of hydrogen-bond donors (Lipinski definition) is 1. The van der Waals surface area contributed by atoms with Crippen molar-refractivity contribution in [3.63, 3.8) is 0 Å². The maximum atomic E-state index is 4.79. The SMILES string of the molecule is CCNC(C)c1csc(N(CC)CC2CCC2)n1. The number of rotatable bonds is 7. The van der Waals surface area contributed by atoms with E-state index in [1.807, 2.05) is 0 Å². The Morgan fingerprint density at radius 1 is 1.50 bits per heavy atom. The van der Waals surface area contributed by atoms with Crippen molar-refractivity contribution in [3.8, 4) is 0 Å². The molecule has 1 N–H and O–H groups in total. The van der Waals surface area contributed by atoms with Crippen molar-refractivity contribution in [2.24, 2.45) is 5.92 Å². The Morgan fingerprint density at radius 3 is 2.83 bits per heavy atom. The van der Waals surface area contributed by atoms with E-state index in [1.54, 1.807) is 11.3 Å². The van der Waals surface area contributed by atoms with Crippen LogP contribution in [0.1, 0.15) is 51.8 Å². The zero-order valence-electron chi connectivity index (χ0n) is 11.8. The van der Waals surface area contributed by atoms with Crippen LogP contribution in [0.2, 0.25) is 0 Å². The Morgan fingerprint density at radius 2 is 2.28 bits per heavy atom. The fourth-order valence-corrected chi connectivity index (χ4v) is 3.35. The Hall–Kier alpha value is -0.610. The molecule has 0 spiro atoms. The Bertz CT molecular complexity index is 360. The van der Waals surface area contributed by atoms with Gasteiger partial charge in [-0.3, -0.25) is 0 Å². The van der Waals surface area contributed by atoms with Crippen LogP contribution in [0.3, 0.4) is 0 Å². The van der Waals surface area contributed by atoms with E-state index in [1.165, 1.54) is 36.6 Å². The third kappa shape index (κ3) is 3.23. The second-order valence-electron chi connectivity index (χ2n) is 5.17. The van der Waals surface area contributed by atoms with Gasteiger partial charge in [0, 0.05) is 24.5 Å². The smallest absolute Gasteiger partial charge is 0.185 e. The third-order valence-electron chi connectivity index (χ3n) is 3.82. The van der Waals surface area contributed by atoms with Crippen LogP contribution in [0.25, 0.3) is 0 Å². The molecule has 1 saturated carbocycles. The van der Waals surface area contributed by atoms with E-state index in [-0.39, 0.29) is 0 Å². The fraction of sp³-hybridized carbons (Fsp3) is 0.786. The Kier molecular flexibility index (Phi) is 5.01. The van der Waals surface area contributed by atoms with Gasteiger partial charge < -0.3 is 10.2 Å². The topological polar surface area (TPSA) is 28.2 Å². The molecule has 0 radical (unpaired) electrons. The summed E-state index contributed by atoms with van der Waals surface area (Å²) in [5, 5.41) is 6.82. The molecule has 1 unspecified atom stereocenters. The lowest BCUT2D eigenvalue weighted by molar-refractivity contribution is 0.318. The van der Waals surface area contributed by atoms with Crippen molar-refractivity contribution >= 4 is 16.5 Å². The number of nitrogens with one attached hydrogen (secondary N) is 1. The van der Waals surface area contributed by atoms with Crippen LogP contribution < -0.4 is 10.2 Å². The van der Waals surface area contributed by atoms with E-state index in [0.29, 0.717) is 6.04 Å². The number of hydrogen-bond acceptors (Lipinski definition) is 4. The van der Waals surface area contributed by atoms with Gasteiger partial charge in [-0.25, -0.2) is 4.98 Å². The van der Waals surface area contributed by atoms with Gasteiger partial charge in [0.15, 0.2) is 5.13 Å². The molecular weight excluding hydrogens is 242 g/mol. The van der Waals surface area contributed by atoms with Crippen LogP contribution in [-0.2, 0) is 0 Å². The molecule has 18 heavy (non-hydrogen) atoms.